The fourth-order valence-corrected chi connectivity index (χ4v) is 11.2. The molecule has 0 aliphatic carbocycles. The van der Waals surface area contributed by atoms with E-state index < -0.39 is 0 Å². The van der Waals surface area contributed by atoms with Gasteiger partial charge >= 0.3 is 0 Å². The van der Waals surface area contributed by atoms with E-state index in [4.69, 9.17) is 9.97 Å². The molecule has 0 fully saturated rings. The number of benzene rings is 12. The maximum Gasteiger partial charge on any atom is 0.160 e. The van der Waals surface area contributed by atoms with Gasteiger partial charge in [0.15, 0.2) is 5.82 Å². The molecule has 2 heterocycles. The predicted octanol–water partition coefficient (Wildman–Crippen LogP) is 18.2. The van der Waals surface area contributed by atoms with Crippen molar-refractivity contribution in [3.05, 3.63) is 261 Å². The van der Waals surface area contributed by atoms with Crippen LogP contribution in [0.1, 0.15) is 0 Å². The molecule has 3 heteroatoms. The second-order valence-corrected chi connectivity index (χ2v) is 18.4. The fourth-order valence-electron chi connectivity index (χ4n) is 11.2. The summed E-state index contributed by atoms with van der Waals surface area (Å²) in [6.07, 6.45) is 0. The van der Waals surface area contributed by atoms with Gasteiger partial charge in [0.2, 0.25) is 0 Å². The van der Waals surface area contributed by atoms with E-state index in [9.17, 15) is 0 Å². The molecule has 330 valence electrons. The molecule has 0 aliphatic rings. The maximum atomic E-state index is 5.30. The van der Waals surface area contributed by atoms with Crippen LogP contribution >= 0.6 is 0 Å². The number of aromatic nitrogens is 3. The second kappa shape index (κ2) is 16.7. The minimum atomic E-state index is 0.693. The highest BCUT2D eigenvalue weighted by atomic mass is 15.0. The molecule has 0 aliphatic heterocycles. The van der Waals surface area contributed by atoms with E-state index >= 15 is 0 Å². The van der Waals surface area contributed by atoms with Gasteiger partial charge in [-0.3, -0.25) is 0 Å². The first-order valence-corrected chi connectivity index (χ1v) is 24.3. The summed E-state index contributed by atoms with van der Waals surface area (Å²) < 4.78 is 2.35. The van der Waals surface area contributed by atoms with Gasteiger partial charge in [-0.15, -0.1) is 0 Å². The largest absolute Gasteiger partial charge is 0.309 e. The highest BCUT2D eigenvalue weighted by Gasteiger charge is 2.20. The van der Waals surface area contributed by atoms with Gasteiger partial charge in [-0.2, -0.15) is 0 Å². The van der Waals surface area contributed by atoms with Crippen LogP contribution in [0.2, 0.25) is 0 Å². The Morgan fingerprint density at radius 2 is 0.746 bits per heavy atom. The van der Waals surface area contributed by atoms with Crippen LogP contribution in [-0.2, 0) is 0 Å². The fraction of sp³-hybridized carbons (Fsp3) is 0. The van der Waals surface area contributed by atoms with E-state index in [0.717, 1.165) is 44.7 Å². The first kappa shape index (κ1) is 40.6. The van der Waals surface area contributed by atoms with Crippen molar-refractivity contribution >= 4 is 64.9 Å². The van der Waals surface area contributed by atoms with Crippen molar-refractivity contribution in [1.82, 2.24) is 14.5 Å². The van der Waals surface area contributed by atoms with E-state index in [1.165, 1.54) is 87.3 Å². The molecular weight excluding hydrogens is 859 g/mol. The van der Waals surface area contributed by atoms with Gasteiger partial charge < -0.3 is 4.57 Å². The summed E-state index contributed by atoms with van der Waals surface area (Å²) in [6, 6.07) is 94.2. The summed E-state index contributed by atoms with van der Waals surface area (Å²) in [5.41, 5.74) is 15.6. The normalized spacial score (nSPS) is 11.7. The lowest BCUT2D eigenvalue weighted by Crippen LogP contribution is -1.97. The third-order valence-corrected chi connectivity index (χ3v) is 14.4. The van der Waals surface area contributed by atoms with Crippen LogP contribution in [0.3, 0.4) is 0 Å². The maximum absolute atomic E-state index is 5.30. The number of hydrogen-bond acceptors (Lipinski definition) is 2. The number of rotatable bonds is 7. The highest BCUT2D eigenvalue weighted by Crippen LogP contribution is 2.47. The van der Waals surface area contributed by atoms with Crippen LogP contribution < -0.4 is 0 Å². The Hall–Kier alpha value is -9.44. The van der Waals surface area contributed by atoms with Crippen LogP contribution in [0.5, 0.6) is 0 Å². The van der Waals surface area contributed by atoms with Crippen molar-refractivity contribution in [2.45, 2.75) is 0 Å². The van der Waals surface area contributed by atoms with Crippen LogP contribution in [0.15, 0.2) is 261 Å². The molecule has 0 N–H and O–H groups in total. The lowest BCUT2D eigenvalue weighted by atomic mass is 9.83. The zero-order valence-corrected chi connectivity index (χ0v) is 38.7. The van der Waals surface area contributed by atoms with Crippen LogP contribution in [0.4, 0.5) is 0 Å². The predicted molar refractivity (Wildman–Crippen MR) is 299 cm³/mol. The first-order chi connectivity index (χ1) is 35.2. The Morgan fingerprint density at radius 1 is 0.268 bits per heavy atom. The molecule has 0 saturated heterocycles. The van der Waals surface area contributed by atoms with Gasteiger partial charge in [-0.05, 0) is 107 Å². The molecular formula is C68H43N3. The number of hydrogen-bond donors (Lipinski definition) is 0. The van der Waals surface area contributed by atoms with E-state index in [0.29, 0.717) is 5.82 Å². The monoisotopic (exact) mass is 901 g/mol. The zero-order chi connectivity index (χ0) is 46.8. The van der Waals surface area contributed by atoms with E-state index in [2.05, 4.69) is 247 Å². The number of fused-ring (bicyclic) bond motifs is 8. The van der Waals surface area contributed by atoms with Crippen molar-refractivity contribution in [3.63, 3.8) is 0 Å². The Balaban J connectivity index is 0.881. The summed E-state index contributed by atoms with van der Waals surface area (Å²) in [6.45, 7) is 0. The summed E-state index contributed by atoms with van der Waals surface area (Å²) >= 11 is 0. The summed E-state index contributed by atoms with van der Waals surface area (Å²) in [5, 5.41) is 12.3. The molecule has 0 bridgehead atoms. The molecule has 0 unspecified atom stereocenters. The SMILES string of the molecule is c1ccc(-c2nc(-c3ccc(-n4c5ccccc5c5ccccc54)cc3)cc(-c3ccc(-c4ccc(-c5c6ccccc6c(-c6ccccc6)c6c5ccc5ccccc56)cc4)c4ccccc34)n2)cc1. The molecule has 71 heavy (non-hydrogen) atoms. The van der Waals surface area contributed by atoms with Crippen molar-refractivity contribution in [1.29, 1.82) is 0 Å². The van der Waals surface area contributed by atoms with Gasteiger partial charge in [-0.1, -0.05) is 231 Å². The zero-order valence-electron chi connectivity index (χ0n) is 38.7. The highest BCUT2D eigenvalue weighted by molar-refractivity contribution is 6.28. The molecule has 0 atom stereocenters. The Labute approximate surface area is 411 Å². The third-order valence-electron chi connectivity index (χ3n) is 14.4. The molecule has 12 aromatic carbocycles. The first-order valence-electron chi connectivity index (χ1n) is 24.3. The molecule has 0 spiro atoms. The van der Waals surface area contributed by atoms with Crippen molar-refractivity contribution in [3.8, 4) is 73.0 Å². The van der Waals surface area contributed by atoms with Crippen LogP contribution in [0.25, 0.3) is 138 Å². The Kier molecular flexibility index (Phi) is 9.53. The average Bonchev–Trinajstić information content (AvgIpc) is 3.79. The van der Waals surface area contributed by atoms with E-state index in [1.807, 2.05) is 18.2 Å². The topological polar surface area (TPSA) is 30.7 Å². The molecule has 0 radical (unpaired) electrons. The summed E-state index contributed by atoms with van der Waals surface area (Å²) in [4.78, 5) is 10.5. The van der Waals surface area contributed by atoms with Crippen molar-refractivity contribution < 1.29 is 0 Å². The minimum absolute atomic E-state index is 0.693. The van der Waals surface area contributed by atoms with Gasteiger partial charge in [0, 0.05) is 33.2 Å². The molecule has 14 rings (SSSR count). The molecule has 2 aromatic heterocycles. The minimum Gasteiger partial charge on any atom is -0.309 e. The standard InChI is InChI=1S/C68H43N3/c1-3-18-47(19-4-1)66-59-28-12-11-27-58(59)65(60-40-37-44-17-7-8-22-52(44)67(60)66)48-33-31-45(32-34-48)51-41-42-55(54-24-10-9-23-53(51)54)62-43-61(69-68(70-62)49-20-5-2-6-21-49)46-35-38-50(39-36-46)71-63-29-15-13-25-56(63)57-26-14-16-30-64(57)71/h1-43H. The second-order valence-electron chi connectivity index (χ2n) is 18.4. The lowest BCUT2D eigenvalue weighted by Gasteiger charge is -2.19. The molecule has 3 nitrogen and oxygen atoms in total. The van der Waals surface area contributed by atoms with Crippen molar-refractivity contribution in [2.24, 2.45) is 0 Å². The van der Waals surface area contributed by atoms with Crippen molar-refractivity contribution in [2.75, 3.05) is 0 Å². The molecule has 0 saturated carbocycles. The van der Waals surface area contributed by atoms with Crippen LogP contribution in [-0.4, -0.2) is 14.5 Å². The quantitative estimate of drug-likeness (QED) is 0.118. The van der Waals surface area contributed by atoms with Gasteiger partial charge in [0.1, 0.15) is 0 Å². The summed E-state index contributed by atoms with van der Waals surface area (Å²) in [7, 11) is 0. The Morgan fingerprint density at radius 3 is 1.42 bits per heavy atom. The third kappa shape index (κ3) is 6.74. The van der Waals surface area contributed by atoms with Gasteiger partial charge in [-0.25, -0.2) is 9.97 Å². The lowest BCUT2D eigenvalue weighted by molar-refractivity contribution is 1.17. The molecule has 14 aromatic rings. The average molecular weight is 902 g/mol. The van der Waals surface area contributed by atoms with Crippen LogP contribution in [0, 0.1) is 0 Å². The van der Waals surface area contributed by atoms with E-state index in [-0.39, 0.29) is 0 Å². The summed E-state index contributed by atoms with van der Waals surface area (Å²) in [5.74, 6) is 0.693. The molecule has 0 amide bonds. The number of nitrogens with zero attached hydrogens (tertiary/aromatic N) is 3. The van der Waals surface area contributed by atoms with Gasteiger partial charge in [0.25, 0.3) is 0 Å². The number of para-hydroxylation sites is 2. The smallest absolute Gasteiger partial charge is 0.160 e. The van der Waals surface area contributed by atoms with E-state index in [1.54, 1.807) is 0 Å². The Bertz CT molecular complexity index is 4310. The van der Waals surface area contributed by atoms with Gasteiger partial charge in [0.05, 0.1) is 22.4 Å².